The minimum atomic E-state index is -0.582. The van der Waals surface area contributed by atoms with Gasteiger partial charge in [0.2, 0.25) is 0 Å². The van der Waals surface area contributed by atoms with Crippen molar-refractivity contribution in [3.05, 3.63) is 65.0 Å². The maximum atomic E-state index is 13.8. The molecule has 1 aliphatic heterocycles. The number of rotatable bonds is 5. The summed E-state index contributed by atoms with van der Waals surface area (Å²) < 4.78 is 13.8. The SMILES string of the molecule is Cc1ccc(C(=O)NCC2(C)CCNCC2)cc1NC(=O)c1ccccc1F.Cl. The van der Waals surface area contributed by atoms with Gasteiger partial charge in [-0.1, -0.05) is 25.1 Å². The predicted octanol–water partition coefficient (Wildman–Crippen LogP) is 3.93. The maximum absolute atomic E-state index is 13.8. The average Bonchev–Trinajstić information content (AvgIpc) is 2.68. The molecule has 0 aromatic heterocycles. The van der Waals surface area contributed by atoms with Gasteiger partial charge in [0.15, 0.2) is 0 Å². The van der Waals surface area contributed by atoms with Gasteiger partial charge in [-0.25, -0.2) is 4.39 Å². The molecule has 0 spiro atoms. The van der Waals surface area contributed by atoms with E-state index < -0.39 is 11.7 Å². The van der Waals surface area contributed by atoms with E-state index >= 15 is 0 Å². The molecule has 3 rings (SSSR count). The monoisotopic (exact) mass is 419 g/mol. The van der Waals surface area contributed by atoms with E-state index in [9.17, 15) is 14.0 Å². The number of anilines is 1. The molecule has 0 unspecified atom stereocenters. The number of hydrogen-bond donors (Lipinski definition) is 3. The molecule has 3 N–H and O–H groups in total. The topological polar surface area (TPSA) is 70.2 Å². The number of hydrogen-bond acceptors (Lipinski definition) is 3. The average molecular weight is 420 g/mol. The third kappa shape index (κ3) is 5.78. The van der Waals surface area contributed by atoms with Gasteiger partial charge in [0.25, 0.3) is 11.8 Å². The van der Waals surface area contributed by atoms with Crippen LogP contribution in [0.25, 0.3) is 0 Å². The lowest BCUT2D eigenvalue weighted by atomic mass is 9.81. The minimum Gasteiger partial charge on any atom is -0.351 e. The lowest BCUT2D eigenvalue weighted by molar-refractivity contribution is 0.0921. The van der Waals surface area contributed by atoms with Crippen molar-refractivity contribution < 1.29 is 14.0 Å². The maximum Gasteiger partial charge on any atom is 0.258 e. The van der Waals surface area contributed by atoms with E-state index in [0.717, 1.165) is 31.5 Å². The lowest BCUT2D eigenvalue weighted by Crippen LogP contribution is -2.42. The number of piperidine rings is 1. The molecule has 29 heavy (non-hydrogen) atoms. The van der Waals surface area contributed by atoms with Crippen molar-refractivity contribution in [2.24, 2.45) is 5.41 Å². The molecule has 156 valence electrons. The van der Waals surface area contributed by atoms with E-state index in [-0.39, 0.29) is 29.3 Å². The summed E-state index contributed by atoms with van der Waals surface area (Å²) in [5.74, 6) is -1.30. The largest absolute Gasteiger partial charge is 0.351 e. The summed E-state index contributed by atoms with van der Waals surface area (Å²) in [4.78, 5) is 25.0. The van der Waals surface area contributed by atoms with Gasteiger partial charge in [-0.3, -0.25) is 9.59 Å². The fourth-order valence-electron chi connectivity index (χ4n) is 3.34. The molecule has 2 aromatic rings. The molecule has 1 heterocycles. The standard InChI is InChI=1S/C22H26FN3O2.ClH/c1-15-7-8-16(20(27)25-14-22(2)9-11-24-12-10-22)13-19(15)26-21(28)17-5-3-4-6-18(17)23;/h3-8,13,24H,9-12,14H2,1-2H3,(H,25,27)(H,26,28);1H. The molecular weight excluding hydrogens is 393 g/mol. The van der Waals surface area contributed by atoms with Crippen LogP contribution in [0.2, 0.25) is 0 Å². The number of nitrogens with one attached hydrogen (secondary N) is 3. The summed E-state index contributed by atoms with van der Waals surface area (Å²) in [6.45, 7) is 6.54. The zero-order chi connectivity index (χ0) is 20.1. The second-order valence-electron chi connectivity index (χ2n) is 7.71. The molecule has 2 amide bonds. The molecule has 2 aromatic carbocycles. The highest BCUT2D eigenvalue weighted by atomic mass is 35.5. The fraction of sp³-hybridized carbons (Fsp3) is 0.364. The van der Waals surface area contributed by atoms with E-state index in [2.05, 4.69) is 22.9 Å². The zero-order valence-electron chi connectivity index (χ0n) is 16.7. The Morgan fingerprint density at radius 1 is 1.10 bits per heavy atom. The van der Waals surface area contributed by atoms with Crippen molar-refractivity contribution in [1.29, 1.82) is 0 Å². The number of aryl methyl sites for hydroxylation is 1. The van der Waals surface area contributed by atoms with Crippen molar-refractivity contribution in [2.75, 3.05) is 25.0 Å². The van der Waals surface area contributed by atoms with Gasteiger partial charge in [0.05, 0.1) is 5.56 Å². The molecule has 0 radical (unpaired) electrons. The van der Waals surface area contributed by atoms with E-state index in [1.165, 1.54) is 18.2 Å². The summed E-state index contributed by atoms with van der Waals surface area (Å²) >= 11 is 0. The van der Waals surface area contributed by atoms with Crippen LogP contribution >= 0.6 is 12.4 Å². The Kier molecular flexibility index (Phi) is 7.76. The molecule has 0 bridgehead atoms. The highest BCUT2D eigenvalue weighted by Gasteiger charge is 2.27. The Bertz CT molecular complexity index is 882. The summed E-state index contributed by atoms with van der Waals surface area (Å²) in [7, 11) is 0. The molecule has 5 nitrogen and oxygen atoms in total. The van der Waals surface area contributed by atoms with Gasteiger partial charge in [0.1, 0.15) is 5.82 Å². The first-order valence-corrected chi connectivity index (χ1v) is 9.53. The van der Waals surface area contributed by atoms with Crippen molar-refractivity contribution in [3.63, 3.8) is 0 Å². The molecule has 1 aliphatic rings. The molecular formula is C22H27ClFN3O2. The van der Waals surface area contributed by atoms with Crippen LogP contribution in [0, 0.1) is 18.2 Å². The van der Waals surface area contributed by atoms with Gasteiger partial charge in [-0.2, -0.15) is 0 Å². The number of halogens is 2. The molecule has 0 atom stereocenters. The third-order valence-electron chi connectivity index (χ3n) is 5.35. The van der Waals surface area contributed by atoms with Crippen molar-refractivity contribution in [1.82, 2.24) is 10.6 Å². The van der Waals surface area contributed by atoms with Crippen molar-refractivity contribution in [2.45, 2.75) is 26.7 Å². The van der Waals surface area contributed by atoms with E-state index in [4.69, 9.17) is 0 Å². The Balaban J connectivity index is 0.00000300. The van der Waals surface area contributed by atoms with Crippen LogP contribution in [0.5, 0.6) is 0 Å². The van der Waals surface area contributed by atoms with Crippen LogP contribution in [0.3, 0.4) is 0 Å². The molecule has 1 fully saturated rings. The number of benzene rings is 2. The first kappa shape index (κ1) is 22.8. The van der Waals surface area contributed by atoms with Crippen molar-refractivity contribution >= 4 is 29.9 Å². The lowest BCUT2D eigenvalue weighted by Gasteiger charge is -2.34. The van der Waals surface area contributed by atoms with Crippen LogP contribution in [-0.2, 0) is 0 Å². The smallest absolute Gasteiger partial charge is 0.258 e. The Labute approximate surface area is 176 Å². The van der Waals surface area contributed by atoms with Gasteiger partial charge in [-0.05, 0) is 68.1 Å². The van der Waals surface area contributed by atoms with Crippen LogP contribution in [0.1, 0.15) is 46.0 Å². The Morgan fingerprint density at radius 2 is 1.79 bits per heavy atom. The van der Waals surface area contributed by atoms with Gasteiger partial charge in [-0.15, -0.1) is 12.4 Å². The van der Waals surface area contributed by atoms with Crippen LogP contribution in [-0.4, -0.2) is 31.4 Å². The molecule has 1 saturated heterocycles. The first-order chi connectivity index (χ1) is 13.4. The summed E-state index contributed by atoms with van der Waals surface area (Å²) in [5.41, 5.74) is 1.82. The van der Waals surface area contributed by atoms with Gasteiger partial charge >= 0.3 is 0 Å². The van der Waals surface area contributed by atoms with Gasteiger partial charge in [0, 0.05) is 17.8 Å². The Morgan fingerprint density at radius 3 is 2.48 bits per heavy atom. The summed E-state index contributed by atoms with van der Waals surface area (Å²) in [6.07, 6.45) is 2.04. The van der Waals surface area contributed by atoms with E-state index in [0.29, 0.717) is 17.8 Å². The summed E-state index contributed by atoms with van der Waals surface area (Å²) in [6, 6.07) is 10.9. The normalized spacial score (nSPS) is 15.1. The quantitative estimate of drug-likeness (QED) is 0.687. The molecule has 0 aliphatic carbocycles. The highest BCUT2D eigenvalue weighted by Crippen LogP contribution is 2.27. The minimum absolute atomic E-state index is 0. The number of carbonyl (C=O) groups excluding carboxylic acids is 2. The molecule has 7 heteroatoms. The van der Waals surface area contributed by atoms with Crippen molar-refractivity contribution in [3.8, 4) is 0 Å². The third-order valence-corrected chi connectivity index (χ3v) is 5.35. The number of carbonyl (C=O) groups is 2. The first-order valence-electron chi connectivity index (χ1n) is 9.53. The van der Waals surface area contributed by atoms with Gasteiger partial charge < -0.3 is 16.0 Å². The highest BCUT2D eigenvalue weighted by molar-refractivity contribution is 6.05. The predicted molar refractivity (Wildman–Crippen MR) is 115 cm³/mol. The van der Waals surface area contributed by atoms with Crippen LogP contribution in [0.15, 0.2) is 42.5 Å². The summed E-state index contributed by atoms with van der Waals surface area (Å²) in [5, 5.41) is 9.05. The zero-order valence-corrected chi connectivity index (χ0v) is 17.5. The van der Waals surface area contributed by atoms with E-state index in [1.807, 2.05) is 6.92 Å². The second-order valence-corrected chi connectivity index (χ2v) is 7.71. The molecule has 0 saturated carbocycles. The van der Waals surface area contributed by atoms with Crippen LogP contribution in [0.4, 0.5) is 10.1 Å². The van der Waals surface area contributed by atoms with E-state index in [1.54, 1.807) is 24.3 Å². The second kappa shape index (κ2) is 9.85. The Hall–Kier alpha value is -2.44. The fourth-order valence-corrected chi connectivity index (χ4v) is 3.34. The number of amides is 2. The van der Waals surface area contributed by atoms with Crippen LogP contribution < -0.4 is 16.0 Å².